The maximum Gasteiger partial charge on any atom is 0.183 e. The van der Waals surface area contributed by atoms with Crippen LogP contribution in [0.1, 0.15) is 6.92 Å². The smallest absolute Gasteiger partial charge is 0.183 e. The molecule has 66 valence electrons. The third-order valence-electron chi connectivity index (χ3n) is 1.93. The number of aliphatic hydroxyl groups is 3. The second-order valence-corrected chi connectivity index (χ2v) is 2.79. The van der Waals surface area contributed by atoms with Crippen molar-refractivity contribution < 1.29 is 20.1 Å². The monoisotopic (exact) mass is 163 g/mol. The summed E-state index contributed by atoms with van der Waals surface area (Å²) in [6.45, 7) is 1.63. The van der Waals surface area contributed by atoms with Crippen LogP contribution in [0.5, 0.6) is 0 Å². The van der Waals surface area contributed by atoms with E-state index in [0.717, 1.165) is 0 Å². The molecule has 5 nitrogen and oxygen atoms in total. The van der Waals surface area contributed by atoms with Gasteiger partial charge in [-0.15, -0.1) is 0 Å². The van der Waals surface area contributed by atoms with Crippen molar-refractivity contribution in [3.05, 3.63) is 0 Å². The SMILES string of the molecule is C[C@H]1OC(O)[C@H](O)[C@@H](O)[C@H]1N. The Kier molecular flexibility index (Phi) is 2.46. The quantitative estimate of drug-likeness (QED) is 0.324. The molecule has 1 rings (SSSR count). The van der Waals surface area contributed by atoms with Crippen molar-refractivity contribution in [1.29, 1.82) is 0 Å². The fraction of sp³-hybridized carbons (Fsp3) is 1.00. The molecular weight excluding hydrogens is 150 g/mol. The van der Waals surface area contributed by atoms with Gasteiger partial charge in [-0.25, -0.2) is 0 Å². The van der Waals surface area contributed by atoms with Gasteiger partial charge in [-0.05, 0) is 6.92 Å². The molecule has 0 saturated carbocycles. The summed E-state index contributed by atoms with van der Waals surface area (Å²) in [5.41, 5.74) is 5.43. The first kappa shape index (κ1) is 8.89. The van der Waals surface area contributed by atoms with Crippen molar-refractivity contribution in [2.45, 2.75) is 37.6 Å². The number of rotatable bonds is 0. The lowest BCUT2D eigenvalue weighted by atomic mass is 9.98. The molecule has 1 fully saturated rings. The highest BCUT2D eigenvalue weighted by Gasteiger charge is 2.39. The van der Waals surface area contributed by atoms with Gasteiger partial charge in [0.05, 0.1) is 12.1 Å². The Labute approximate surface area is 64.4 Å². The lowest BCUT2D eigenvalue weighted by molar-refractivity contribution is -0.249. The van der Waals surface area contributed by atoms with Gasteiger partial charge >= 0.3 is 0 Å². The molecule has 0 spiro atoms. The Hall–Kier alpha value is -0.200. The van der Waals surface area contributed by atoms with Crippen molar-refractivity contribution in [3.63, 3.8) is 0 Å². The van der Waals surface area contributed by atoms with Crippen LogP contribution >= 0.6 is 0 Å². The maximum absolute atomic E-state index is 9.17. The Morgan fingerprint density at radius 3 is 2.27 bits per heavy atom. The molecule has 0 aromatic heterocycles. The zero-order chi connectivity index (χ0) is 8.59. The average molecular weight is 163 g/mol. The molecule has 0 amide bonds. The van der Waals surface area contributed by atoms with E-state index in [1.54, 1.807) is 6.92 Å². The van der Waals surface area contributed by atoms with Gasteiger partial charge < -0.3 is 25.8 Å². The molecule has 11 heavy (non-hydrogen) atoms. The average Bonchev–Trinajstić information content (AvgIpc) is 1.97. The van der Waals surface area contributed by atoms with Crippen LogP contribution in [0.2, 0.25) is 0 Å². The van der Waals surface area contributed by atoms with Crippen molar-refractivity contribution in [2.24, 2.45) is 5.73 Å². The topological polar surface area (TPSA) is 95.9 Å². The van der Waals surface area contributed by atoms with Crippen LogP contribution < -0.4 is 5.73 Å². The number of hydrogen-bond acceptors (Lipinski definition) is 5. The summed E-state index contributed by atoms with van der Waals surface area (Å²) in [7, 11) is 0. The fourth-order valence-corrected chi connectivity index (χ4v) is 1.07. The van der Waals surface area contributed by atoms with Gasteiger partial charge in [0.2, 0.25) is 0 Å². The van der Waals surface area contributed by atoms with E-state index in [1.165, 1.54) is 0 Å². The predicted octanol–water partition coefficient (Wildman–Crippen LogP) is -2.23. The van der Waals surface area contributed by atoms with Gasteiger partial charge in [0.1, 0.15) is 12.2 Å². The third kappa shape index (κ3) is 1.52. The van der Waals surface area contributed by atoms with Crippen LogP contribution in [-0.2, 0) is 4.74 Å². The van der Waals surface area contributed by atoms with Gasteiger partial charge in [-0.1, -0.05) is 0 Å². The number of ether oxygens (including phenoxy) is 1. The van der Waals surface area contributed by atoms with Crippen LogP contribution in [0.15, 0.2) is 0 Å². The summed E-state index contributed by atoms with van der Waals surface area (Å²) in [5, 5.41) is 27.1. The van der Waals surface area contributed by atoms with Gasteiger partial charge in [-0.2, -0.15) is 0 Å². The molecule has 5 heteroatoms. The molecule has 0 aromatic carbocycles. The molecule has 5 N–H and O–H groups in total. The van der Waals surface area contributed by atoms with Gasteiger partial charge in [0.25, 0.3) is 0 Å². The van der Waals surface area contributed by atoms with Crippen LogP contribution in [0.25, 0.3) is 0 Å². The van der Waals surface area contributed by atoms with Crippen LogP contribution in [0.4, 0.5) is 0 Å². The molecule has 1 aliphatic rings. The van der Waals surface area contributed by atoms with Crippen LogP contribution in [0, 0.1) is 0 Å². The Bertz CT molecular complexity index is 129. The van der Waals surface area contributed by atoms with E-state index < -0.39 is 30.6 Å². The van der Waals surface area contributed by atoms with E-state index >= 15 is 0 Å². The predicted molar refractivity (Wildman–Crippen MR) is 36.5 cm³/mol. The molecule has 0 radical (unpaired) electrons. The molecule has 1 heterocycles. The van der Waals surface area contributed by atoms with Gasteiger partial charge in [-0.3, -0.25) is 0 Å². The van der Waals surface area contributed by atoms with E-state index in [-0.39, 0.29) is 0 Å². The summed E-state index contributed by atoms with van der Waals surface area (Å²) in [6.07, 6.45) is -4.20. The zero-order valence-electron chi connectivity index (χ0n) is 6.21. The summed E-state index contributed by atoms with van der Waals surface area (Å²) < 4.78 is 4.80. The van der Waals surface area contributed by atoms with Crippen molar-refractivity contribution in [2.75, 3.05) is 0 Å². The minimum Gasteiger partial charge on any atom is -0.388 e. The summed E-state index contributed by atoms with van der Waals surface area (Å²) in [4.78, 5) is 0. The zero-order valence-corrected chi connectivity index (χ0v) is 6.21. The Morgan fingerprint density at radius 1 is 1.18 bits per heavy atom. The van der Waals surface area contributed by atoms with Crippen molar-refractivity contribution in [3.8, 4) is 0 Å². The highest BCUT2D eigenvalue weighted by atomic mass is 16.6. The van der Waals surface area contributed by atoms with E-state index in [0.29, 0.717) is 0 Å². The van der Waals surface area contributed by atoms with Gasteiger partial charge in [0, 0.05) is 0 Å². The highest BCUT2D eigenvalue weighted by molar-refractivity contribution is 4.89. The van der Waals surface area contributed by atoms with Crippen molar-refractivity contribution >= 4 is 0 Å². The summed E-state index contributed by atoms with van der Waals surface area (Å²) in [5.74, 6) is 0. The molecule has 1 saturated heterocycles. The molecule has 5 atom stereocenters. The first-order valence-electron chi connectivity index (χ1n) is 3.49. The lowest BCUT2D eigenvalue weighted by Crippen LogP contribution is -2.60. The molecule has 1 unspecified atom stereocenters. The summed E-state index contributed by atoms with van der Waals surface area (Å²) >= 11 is 0. The Morgan fingerprint density at radius 2 is 1.73 bits per heavy atom. The number of hydrogen-bond donors (Lipinski definition) is 4. The minimum absolute atomic E-state index is 0.441. The first-order chi connectivity index (χ1) is 5.04. The van der Waals surface area contributed by atoms with E-state index in [2.05, 4.69) is 0 Å². The second kappa shape index (κ2) is 3.04. The molecule has 0 aromatic rings. The third-order valence-corrected chi connectivity index (χ3v) is 1.93. The maximum atomic E-state index is 9.17. The largest absolute Gasteiger partial charge is 0.388 e. The minimum atomic E-state index is -1.33. The number of aliphatic hydroxyl groups excluding tert-OH is 3. The normalized spacial score (nSPS) is 52.6. The molecule has 0 bridgehead atoms. The van der Waals surface area contributed by atoms with E-state index in [4.69, 9.17) is 20.7 Å². The first-order valence-corrected chi connectivity index (χ1v) is 3.49. The fourth-order valence-electron chi connectivity index (χ4n) is 1.07. The van der Waals surface area contributed by atoms with Crippen LogP contribution in [0.3, 0.4) is 0 Å². The second-order valence-electron chi connectivity index (χ2n) is 2.79. The van der Waals surface area contributed by atoms with E-state index in [9.17, 15) is 5.11 Å². The molecular formula is C6H13NO4. The molecule has 1 aliphatic heterocycles. The van der Waals surface area contributed by atoms with Gasteiger partial charge in [0.15, 0.2) is 6.29 Å². The van der Waals surface area contributed by atoms with Crippen molar-refractivity contribution in [1.82, 2.24) is 0 Å². The highest BCUT2D eigenvalue weighted by Crippen LogP contribution is 2.17. The number of nitrogens with two attached hydrogens (primary N) is 1. The summed E-state index contributed by atoms with van der Waals surface area (Å²) in [6, 6.07) is -0.645. The van der Waals surface area contributed by atoms with E-state index in [1.807, 2.05) is 0 Å². The standard InChI is InChI=1S/C6H13NO4/c1-2-3(7)4(8)5(9)6(10)11-2/h2-6,8-10H,7H2,1H3/t2-,3+,4+,5-,6?/m1/s1. The Balaban J connectivity index is 2.63. The molecule has 0 aliphatic carbocycles. The van der Waals surface area contributed by atoms with Crippen LogP contribution in [-0.4, -0.2) is 46.0 Å². The lowest BCUT2D eigenvalue weighted by Gasteiger charge is -2.37.